The van der Waals surface area contributed by atoms with Crippen LogP contribution >= 0.6 is 11.3 Å². The summed E-state index contributed by atoms with van der Waals surface area (Å²) in [5, 5.41) is 14.4. The van der Waals surface area contributed by atoms with E-state index in [9.17, 15) is 9.90 Å². The number of pyridine rings is 1. The molecule has 2 aromatic carbocycles. The molecule has 206 valence electrons. The number of carbonyl (C=O) groups is 1. The zero-order valence-electron chi connectivity index (χ0n) is 23.3. The molecule has 2 aliphatic rings. The summed E-state index contributed by atoms with van der Waals surface area (Å²) in [5.74, 6) is 0. The maximum Gasteiger partial charge on any atom is 0.408 e. The number of fused-ring (bicyclic) bond motifs is 2. The van der Waals surface area contributed by atoms with Crippen molar-refractivity contribution < 1.29 is 14.6 Å². The van der Waals surface area contributed by atoms with Crippen LogP contribution in [0.25, 0.3) is 11.1 Å². The van der Waals surface area contributed by atoms with Crippen molar-refractivity contribution in [3.05, 3.63) is 104 Å². The van der Waals surface area contributed by atoms with Crippen LogP contribution in [0.1, 0.15) is 81.7 Å². The second kappa shape index (κ2) is 10.8. The average molecular weight is 554 g/mol. The Balaban J connectivity index is 1.45. The normalized spacial score (nSPS) is 15.0. The number of benzene rings is 2. The van der Waals surface area contributed by atoms with Crippen molar-refractivity contribution in [3.8, 4) is 11.1 Å². The number of rotatable bonds is 7. The molecule has 0 aliphatic heterocycles. The van der Waals surface area contributed by atoms with E-state index in [4.69, 9.17) is 9.72 Å². The highest BCUT2D eigenvalue weighted by molar-refractivity contribution is 7.11. The quantitative estimate of drug-likeness (QED) is 0.265. The lowest BCUT2D eigenvalue weighted by atomic mass is 9.86. The second-order valence-corrected chi connectivity index (χ2v) is 12.5. The number of aryl methyl sites for hydroxylation is 3. The van der Waals surface area contributed by atoms with E-state index in [0.29, 0.717) is 5.01 Å². The largest absolute Gasteiger partial charge is 0.445 e. The summed E-state index contributed by atoms with van der Waals surface area (Å²) in [6, 6.07) is 13.7. The van der Waals surface area contributed by atoms with Crippen LogP contribution in [0.15, 0.2) is 54.9 Å². The number of aromatic nitrogens is 2. The lowest BCUT2D eigenvalue weighted by Crippen LogP contribution is -2.30. The first kappa shape index (κ1) is 26.7. The van der Waals surface area contributed by atoms with Crippen LogP contribution in [0.5, 0.6) is 0 Å². The van der Waals surface area contributed by atoms with Gasteiger partial charge in [-0.3, -0.25) is 4.98 Å². The summed E-state index contributed by atoms with van der Waals surface area (Å²) >= 11 is 1.41. The summed E-state index contributed by atoms with van der Waals surface area (Å²) in [6.07, 6.45) is 9.92. The predicted octanol–water partition coefficient (Wildman–Crippen LogP) is 6.73. The van der Waals surface area contributed by atoms with E-state index >= 15 is 0 Å². The standard InChI is InChI=1S/C33H35N3O3S/c1-20-15-26(27(17-34-20)29-24-13-7-11-22(24)16-23-12-8-14-25(23)29)30(28-18-35-31(40-28)33(2,3)38)36-32(37)39-19-21-9-5-4-6-10-21/h4-6,9-10,15-18,30,38H,7-8,11-14,19H2,1-3H3,(H,36,37). The van der Waals surface area contributed by atoms with Crippen LogP contribution in [0.3, 0.4) is 0 Å². The maximum absolute atomic E-state index is 13.3. The fourth-order valence-corrected chi connectivity index (χ4v) is 7.05. The van der Waals surface area contributed by atoms with Crippen molar-refractivity contribution in [1.82, 2.24) is 15.3 Å². The Kier molecular flexibility index (Phi) is 7.19. The fraction of sp³-hybridized carbons (Fsp3) is 0.364. The molecule has 0 spiro atoms. The van der Waals surface area contributed by atoms with Gasteiger partial charge in [0.1, 0.15) is 17.2 Å². The number of hydrogen-bond acceptors (Lipinski definition) is 6. The SMILES string of the molecule is Cc1cc(C(NC(=O)OCc2ccccc2)c2cnc(C(C)(C)O)s2)c(-c2c3c(cc4c2CCC4)CCC3)cn1. The molecule has 0 saturated carbocycles. The van der Waals surface area contributed by atoms with E-state index < -0.39 is 17.7 Å². The first-order chi connectivity index (χ1) is 19.3. The molecule has 2 aromatic heterocycles. The van der Waals surface area contributed by atoms with Crippen molar-refractivity contribution in [1.29, 1.82) is 0 Å². The first-order valence-corrected chi connectivity index (χ1v) is 14.9. The van der Waals surface area contributed by atoms with Crippen molar-refractivity contribution in [2.45, 2.75) is 77.5 Å². The summed E-state index contributed by atoms with van der Waals surface area (Å²) in [4.78, 5) is 23.4. The van der Waals surface area contributed by atoms with Gasteiger partial charge in [0.15, 0.2) is 0 Å². The van der Waals surface area contributed by atoms with Gasteiger partial charge in [-0.2, -0.15) is 0 Å². The van der Waals surface area contributed by atoms with Gasteiger partial charge in [0.2, 0.25) is 0 Å². The summed E-state index contributed by atoms with van der Waals surface area (Å²) in [5.41, 5.74) is 9.83. The van der Waals surface area contributed by atoms with Crippen molar-refractivity contribution in [2.75, 3.05) is 0 Å². The van der Waals surface area contributed by atoms with Crippen molar-refractivity contribution in [3.63, 3.8) is 0 Å². The number of hydrogen-bond donors (Lipinski definition) is 2. The van der Waals surface area contributed by atoms with Crippen LogP contribution < -0.4 is 5.32 Å². The van der Waals surface area contributed by atoms with Gasteiger partial charge in [0.25, 0.3) is 0 Å². The van der Waals surface area contributed by atoms with Crippen molar-refractivity contribution in [2.24, 2.45) is 0 Å². The fourth-order valence-electron chi connectivity index (χ4n) is 6.06. The Bertz CT molecular complexity index is 1520. The Hall–Kier alpha value is -3.55. The number of amides is 1. The molecular weight excluding hydrogens is 518 g/mol. The Morgan fingerprint density at radius 1 is 1.02 bits per heavy atom. The highest BCUT2D eigenvalue weighted by Gasteiger charge is 2.31. The van der Waals surface area contributed by atoms with E-state index in [1.165, 1.54) is 39.2 Å². The van der Waals surface area contributed by atoms with Crippen molar-refractivity contribution >= 4 is 17.4 Å². The predicted molar refractivity (Wildman–Crippen MR) is 157 cm³/mol. The molecule has 0 saturated heterocycles. The van der Waals surface area contributed by atoms with E-state index in [0.717, 1.165) is 65.8 Å². The number of thiazole rings is 1. The number of alkyl carbamates (subject to hydrolysis) is 1. The van der Waals surface area contributed by atoms with Gasteiger partial charge in [-0.1, -0.05) is 36.4 Å². The minimum Gasteiger partial charge on any atom is -0.445 e. The Morgan fingerprint density at radius 2 is 1.73 bits per heavy atom. The highest BCUT2D eigenvalue weighted by Crippen LogP contribution is 2.44. The van der Waals surface area contributed by atoms with Gasteiger partial charge >= 0.3 is 6.09 Å². The molecule has 6 rings (SSSR count). The Morgan fingerprint density at radius 3 is 2.38 bits per heavy atom. The minimum atomic E-state index is -1.08. The van der Waals surface area contributed by atoms with Crippen LogP contribution in [-0.2, 0) is 42.6 Å². The number of aliphatic hydroxyl groups is 1. The number of nitrogens with one attached hydrogen (secondary N) is 1. The molecule has 7 heteroatoms. The molecule has 6 nitrogen and oxygen atoms in total. The lowest BCUT2D eigenvalue weighted by molar-refractivity contribution is 0.0783. The molecule has 1 amide bonds. The Labute approximate surface area is 239 Å². The number of carbonyl (C=O) groups excluding carboxylic acids is 1. The van der Waals surface area contributed by atoms with Crippen LogP contribution in [0.2, 0.25) is 0 Å². The lowest BCUT2D eigenvalue weighted by Gasteiger charge is -2.24. The zero-order valence-corrected chi connectivity index (χ0v) is 24.1. The molecule has 0 radical (unpaired) electrons. The first-order valence-electron chi connectivity index (χ1n) is 14.1. The van der Waals surface area contributed by atoms with E-state index in [-0.39, 0.29) is 6.61 Å². The van der Waals surface area contributed by atoms with Crippen LogP contribution in [0.4, 0.5) is 4.79 Å². The molecule has 4 aromatic rings. The third-order valence-corrected chi connectivity index (χ3v) is 9.31. The molecule has 0 bridgehead atoms. The minimum absolute atomic E-state index is 0.180. The topological polar surface area (TPSA) is 84.3 Å². The molecule has 1 unspecified atom stereocenters. The molecule has 2 N–H and O–H groups in total. The maximum atomic E-state index is 13.3. The molecule has 0 fully saturated rings. The van der Waals surface area contributed by atoms with Gasteiger partial charge in [-0.15, -0.1) is 11.3 Å². The molecule has 2 heterocycles. The summed E-state index contributed by atoms with van der Waals surface area (Å²) < 4.78 is 5.67. The van der Waals surface area contributed by atoms with Gasteiger partial charge in [-0.05, 0) is 104 Å². The highest BCUT2D eigenvalue weighted by atomic mass is 32.1. The number of nitrogens with zero attached hydrogens (tertiary/aromatic N) is 2. The number of ether oxygens (including phenoxy) is 1. The molecular formula is C33H35N3O3S. The zero-order chi connectivity index (χ0) is 27.9. The van der Waals surface area contributed by atoms with Crippen LogP contribution in [-0.4, -0.2) is 21.2 Å². The molecule has 2 aliphatic carbocycles. The van der Waals surface area contributed by atoms with E-state index in [2.05, 4.69) is 22.4 Å². The smallest absolute Gasteiger partial charge is 0.408 e. The third-order valence-electron chi connectivity index (χ3n) is 7.93. The van der Waals surface area contributed by atoms with Gasteiger partial charge in [0, 0.05) is 23.7 Å². The second-order valence-electron chi connectivity index (χ2n) is 11.4. The third kappa shape index (κ3) is 5.28. The van der Waals surface area contributed by atoms with Gasteiger partial charge < -0.3 is 15.2 Å². The summed E-state index contributed by atoms with van der Waals surface area (Å²) in [7, 11) is 0. The van der Waals surface area contributed by atoms with E-state index in [1.54, 1.807) is 20.0 Å². The summed E-state index contributed by atoms with van der Waals surface area (Å²) in [6.45, 7) is 5.61. The molecule has 1 atom stereocenters. The van der Waals surface area contributed by atoms with E-state index in [1.807, 2.05) is 43.5 Å². The van der Waals surface area contributed by atoms with Crippen LogP contribution in [0, 0.1) is 6.92 Å². The average Bonchev–Trinajstić information content (AvgIpc) is 3.71. The monoisotopic (exact) mass is 553 g/mol. The van der Waals surface area contributed by atoms with Gasteiger partial charge in [0.05, 0.1) is 10.9 Å². The molecule has 40 heavy (non-hydrogen) atoms. The van der Waals surface area contributed by atoms with Gasteiger partial charge in [-0.25, -0.2) is 9.78 Å².